The zero-order valence-electron chi connectivity index (χ0n) is 9.48. The van der Waals surface area contributed by atoms with Gasteiger partial charge < -0.3 is 5.73 Å². The fourth-order valence-electron chi connectivity index (χ4n) is 2.94. The summed E-state index contributed by atoms with van der Waals surface area (Å²) in [5.74, 6) is 0. The number of piperazine rings is 1. The highest BCUT2D eigenvalue weighted by molar-refractivity contribution is 7.80. The van der Waals surface area contributed by atoms with E-state index in [9.17, 15) is 0 Å². The van der Waals surface area contributed by atoms with Crippen LogP contribution < -0.4 is 5.73 Å². The fraction of sp³-hybridized carbons (Fsp3) is 0.909. The van der Waals surface area contributed by atoms with Gasteiger partial charge in [-0.15, -0.1) is 0 Å². The number of hydrogen-bond donors (Lipinski definition) is 1. The van der Waals surface area contributed by atoms with E-state index in [-0.39, 0.29) is 0 Å². The molecule has 2 aliphatic heterocycles. The van der Waals surface area contributed by atoms with Crippen LogP contribution in [0.4, 0.5) is 0 Å². The molecule has 2 saturated heterocycles. The minimum Gasteiger partial charge on any atom is -0.392 e. The van der Waals surface area contributed by atoms with Crippen LogP contribution in [0.15, 0.2) is 0 Å². The van der Waals surface area contributed by atoms with Gasteiger partial charge in [0.05, 0.1) is 11.0 Å². The Kier molecular flexibility index (Phi) is 3.59. The third kappa shape index (κ3) is 2.32. The molecule has 0 saturated carbocycles. The van der Waals surface area contributed by atoms with Gasteiger partial charge in [0.2, 0.25) is 0 Å². The van der Waals surface area contributed by atoms with Gasteiger partial charge in [-0.1, -0.05) is 19.1 Å². The van der Waals surface area contributed by atoms with Crippen molar-refractivity contribution in [2.24, 2.45) is 5.73 Å². The summed E-state index contributed by atoms with van der Waals surface area (Å²) in [7, 11) is 0. The SMILES string of the molecule is CCC(C(N)=S)N1CCN2CCCC2C1. The molecule has 4 heteroatoms. The summed E-state index contributed by atoms with van der Waals surface area (Å²) >= 11 is 5.14. The quantitative estimate of drug-likeness (QED) is 0.724. The maximum absolute atomic E-state index is 5.79. The lowest BCUT2D eigenvalue weighted by molar-refractivity contribution is 0.0900. The van der Waals surface area contributed by atoms with Crippen LogP contribution in [0, 0.1) is 0 Å². The van der Waals surface area contributed by atoms with Crippen LogP contribution in [-0.4, -0.2) is 53.1 Å². The first-order valence-corrected chi connectivity index (χ1v) is 6.40. The van der Waals surface area contributed by atoms with E-state index >= 15 is 0 Å². The Morgan fingerprint density at radius 3 is 2.93 bits per heavy atom. The zero-order chi connectivity index (χ0) is 10.8. The molecule has 15 heavy (non-hydrogen) atoms. The average molecular weight is 227 g/mol. The van der Waals surface area contributed by atoms with Crippen molar-refractivity contribution < 1.29 is 0 Å². The lowest BCUT2D eigenvalue weighted by Crippen LogP contribution is -2.56. The maximum atomic E-state index is 5.79. The van der Waals surface area contributed by atoms with Crippen molar-refractivity contribution in [3.63, 3.8) is 0 Å². The first kappa shape index (κ1) is 11.3. The standard InChI is InChI=1S/C11H21N3S/c1-2-10(11(12)15)14-7-6-13-5-3-4-9(13)8-14/h9-10H,2-8H2,1H3,(H2,12,15). The highest BCUT2D eigenvalue weighted by Gasteiger charge is 2.33. The van der Waals surface area contributed by atoms with Crippen LogP contribution in [0.5, 0.6) is 0 Å². The van der Waals surface area contributed by atoms with Gasteiger partial charge in [-0.05, 0) is 25.8 Å². The number of nitrogens with two attached hydrogens (primary N) is 1. The predicted molar refractivity (Wildman–Crippen MR) is 67.0 cm³/mol. The van der Waals surface area contributed by atoms with Crippen molar-refractivity contribution in [3.8, 4) is 0 Å². The van der Waals surface area contributed by atoms with Gasteiger partial charge in [0.15, 0.2) is 0 Å². The Bertz CT molecular complexity index is 244. The molecule has 0 aromatic rings. The van der Waals surface area contributed by atoms with Crippen molar-refractivity contribution in [2.75, 3.05) is 26.2 Å². The first-order chi connectivity index (χ1) is 7.22. The lowest BCUT2D eigenvalue weighted by atomic mass is 10.1. The second-order valence-corrected chi connectivity index (χ2v) is 5.12. The molecule has 86 valence electrons. The molecule has 0 aromatic carbocycles. The van der Waals surface area contributed by atoms with Gasteiger partial charge >= 0.3 is 0 Å². The Balaban J connectivity index is 1.96. The van der Waals surface area contributed by atoms with Gasteiger partial charge in [-0.2, -0.15) is 0 Å². The molecule has 0 aliphatic carbocycles. The molecule has 2 heterocycles. The molecular weight excluding hydrogens is 206 g/mol. The second kappa shape index (κ2) is 4.76. The number of fused-ring (bicyclic) bond motifs is 1. The lowest BCUT2D eigenvalue weighted by Gasteiger charge is -2.41. The molecule has 0 spiro atoms. The molecule has 2 fully saturated rings. The van der Waals surface area contributed by atoms with E-state index in [4.69, 9.17) is 18.0 Å². The molecule has 2 rings (SSSR count). The fourth-order valence-corrected chi connectivity index (χ4v) is 3.25. The van der Waals surface area contributed by atoms with E-state index in [1.807, 2.05) is 0 Å². The number of hydrogen-bond acceptors (Lipinski definition) is 3. The smallest absolute Gasteiger partial charge is 0.0901 e. The van der Waals surface area contributed by atoms with Gasteiger partial charge in [-0.25, -0.2) is 0 Å². The van der Waals surface area contributed by atoms with E-state index in [2.05, 4.69) is 16.7 Å². The minimum atomic E-state index is 0.322. The molecule has 2 N–H and O–H groups in total. The summed E-state index contributed by atoms with van der Waals surface area (Å²) in [6, 6.07) is 1.09. The summed E-state index contributed by atoms with van der Waals surface area (Å²) in [6.45, 7) is 6.96. The van der Waals surface area contributed by atoms with Crippen molar-refractivity contribution in [1.29, 1.82) is 0 Å². The zero-order valence-corrected chi connectivity index (χ0v) is 10.3. The van der Waals surface area contributed by atoms with Crippen LogP contribution in [0.2, 0.25) is 0 Å². The van der Waals surface area contributed by atoms with Crippen molar-refractivity contribution >= 4 is 17.2 Å². The van der Waals surface area contributed by atoms with E-state index in [0.29, 0.717) is 11.0 Å². The topological polar surface area (TPSA) is 32.5 Å². The molecule has 2 atom stereocenters. The first-order valence-electron chi connectivity index (χ1n) is 5.99. The minimum absolute atomic E-state index is 0.322. The predicted octanol–water partition coefficient (Wildman–Crippen LogP) is 0.831. The van der Waals surface area contributed by atoms with Gasteiger partial charge in [0, 0.05) is 25.7 Å². The van der Waals surface area contributed by atoms with Gasteiger partial charge in [0.1, 0.15) is 0 Å². The van der Waals surface area contributed by atoms with Gasteiger partial charge in [0.25, 0.3) is 0 Å². The normalized spacial score (nSPS) is 30.1. The molecular formula is C11H21N3S. The summed E-state index contributed by atoms with van der Waals surface area (Å²) in [5.41, 5.74) is 5.79. The van der Waals surface area contributed by atoms with E-state index < -0.39 is 0 Å². The average Bonchev–Trinajstić information content (AvgIpc) is 2.65. The molecule has 0 amide bonds. The van der Waals surface area contributed by atoms with Crippen LogP contribution >= 0.6 is 12.2 Å². The summed E-state index contributed by atoms with van der Waals surface area (Å²) in [4.78, 5) is 5.77. The second-order valence-electron chi connectivity index (χ2n) is 4.65. The third-order valence-corrected chi connectivity index (χ3v) is 4.05. The Labute approximate surface area is 97.6 Å². The van der Waals surface area contributed by atoms with Gasteiger partial charge in [-0.3, -0.25) is 9.80 Å². The monoisotopic (exact) mass is 227 g/mol. The van der Waals surface area contributed by atoms with E-state index in [0.717, 1.165) is 25.6 Å². The largest absolute Gasteiger partial charge is 0.392 e. The molecule has 0 radical (unpaired) electrons. The van der Waals surface area contributed by atoms with E-state index in [1.165, 1.54) is 25.9 Å². The van der Waals surface area contributed by atoms with Crippen molar-refractivity contribution in [3.05, 3.63) is 0 Å². The maximum Gasteiger partial charge on any atom is 0.0901 e. The molecule has 3 nitrogen and oxygen atoms in total. The van der Waals surface area contributed by atoms with Crippen LogP contribution in [-0.2, 0) is 0 Å². The molecule has 0 bridgehead atoms. The number of nitrogens with zero attached hydrogens (tertiary/aromatic N) is 2. The van der Waals surface area contributed by atoms with Crippen molar-refractivity contribution in [2.45, 2.75) is 38.3 Å². The molecule has 0 aromatic heterocycles. The Morgan fingerprint density at radius 1 is 1.47 bits per heavy atom. The highest BCUT2D eigenvalue weighted by Crippen LogP contribution is 2.23. The molecule has 2 aliphatic rings. The Hall–Kier alpha value is -0.190. The summed E-state index contributed by atoms with van der Waals surface area (Å²) in [6.07, 6.45) is 3.76. The third-order valence-electron chi connectivity index (χ3n) is 3.77. The Morgan fingerprint density at radius 2 is 2.27 bits per heavy atom. The van der Waals surface area contributed by atoms with Crippen molar-refractivity contribution in [1.82, 2.24) is 9.80 Å². The van der Waals surface area contributed by atoms with Crippen LogP contribution in [0.1, 0.15) is 26.2 Å². The summed E-state index contributed by atoms with van der Waals surface area (Å²) < 4.78 is 0. The van der Waals surface area contributed by atoms with Crippen LogP contribution in [0.3, 0.4) is 0 Å². The highest BCUT2D eigenvalue weighted by atomic mass is 32.1. The number of thiocarbonyl (C=S) groups is 1. The summed E-state index contributed by atoms with van der Waals surface area (Å²) in [5, 5.41) is 0. The van der Waals surface area contributed by atoms with Crippen LogP contribution in [0.25, 0.3) is 0 Å². The number of rotatable bonds is 3. The molecule has 2 unspecified atom stereocenters. The van der Waals surface area contributed by atoms with E-state index in [1.54, 1.807) is 0 Å².